The summed E-state index contributed by atoms with van der Waals surface area (Å²) in [6.45, 7) is 1.77. The first-order chi connectivity index (χ1) is 10.1. The highest BCUT2D eigenvalue weighted by Crippen LogP contribution is 2.32. The molecule has 1 aromatic carbocycles. The van der Waals surface area contributed by atoms with Gasteiger partial charge < -0.3 is 0 Å². The molecule has 0 fully saturated rings. The summed E-state index contributed by atoms with van der Waals surface area (Å²) >= 11 is 6.39. The standard InChI is InChI=1S/C14H10ClN5O/c1-8-11(12-10(7-16)14(21)18-17-12)13(15)20(19-8)9-5-3-2-4-6-9/h2-6H,1H3,(H2,17,18,21). The van der Waals surface area contributed by atoms with Gasteiger partial charge in [-0.05, 0) is 19.1 Å². The molecule has 0 saturated heterocycles. The molecule has 0 bridgehead atoms. The second-order valence-corrected chi connectivity index (χ2v) is 4.80. The van der Waals surface area contributed by atoms with E-state index in [2.05, 4.69) is 15.3 Å². The Kier molecular flexibility index (Phi) is 3.12. The minimum absolute atomic E-state index is 0.00684. The van der Waals surface area contributed by atoms with E-state index in [0.29, 0.717) is 22.1 Å². The molecular formula is C14H10ClN5O. The summed E-state index contributed by atoms with van der Waals surface area (Å²) in [5.41, 5.74) is 1.83. The van der Waals surface area contributed by atoms with Crippen LogP contribution in [0.1, 0.15) is 11.3 Å². The van der Waals surface area contributed by atoms with Gasteiger partial charge in [-0.2, -0.15) is 10.4 Å². The predicted octanol–water partition coefficient (Wildman–Crippen LogP) is 2.39. The number of benzene rings is 1. The normalized spacial score (nSPS) is 10.5. The molecule has 3 aromatic rings. The topological polar surface area (TPSA) is 90.3 Å². The Balaban J connectivity index is 2.25. The molecule has 21 heavy (non-hydrogen) atoms. The van der Waals surface area contributed by atoms with E-state index >= 15 is 0 Å². The van der Waals surface area contributed by atoms with Crippen LogP contribution in [0.5, 0.6) is 0 Å². The number of rotatable bonds is 2. The third-order valence-electron chi connectivity index (χ3n) is 3.14. The minimum Gasteiger partial charge on any atom is -0.296 e. The minimum atomic E-state index is -0.476. The van der Waals surface area contributed by atoms with Crippen LogP contribution in [0.25, 0.3) is 16.9 Å². The summed E-state index contributed by atoms with van der Waals surface area (Å²) in [7, 11) is 0. The van der Waals surface area contributed by atoms with Gasteiger partial charge in [0.2, 0.25) is 0 Å². The number of hydrogen-bond donors (Lipinski definition) is 2. The van der Waals surface area contributed by atoms with E-state index in [0.717, 1.165) is 5.69 Å². The van der Waals surface area contributed by atoms with Gasteiger partial charge in [-0.3, -0.25) is 15.0 Å². The number of aromatic amines is 2. The van der Waals surface area contributed by atoms with Crippen LogP contribution in [0.15, 0.2) is 35.1 Å². The first-order valence-corrected chi connectivity index (χ1v) is 6.53. The number of hydrogen-bond acceptors (Lipinski definition) is 3. The number of aromatic nitrogens is 4. The van der Waals surface area contributed by atoms with Crippen molar-refractivity contribution in [1.82, 2.24) is 20.0 Å². The van der Waals surface area contributed by atoms with Crippen molar-refractivity contribution < 1.29 is 0 Å². The van der Waals surface area contributed by atoms with E-state index in [1.54, 1.807) is 11.6 Å². The monoisotopic (exact) mass is 299 g/mol. The van der Waals surface area contributed by atoms with Crippen molar-refractivity contribution in [1.29, 1.82) is 5.26 Å². The second-order valence-electron chi connectivity index (χ2n) is 4.44. The van der Waals surface area contributed by atoms with Crippen LogP contribution in [0, 0.1) is 18.3 Å². The summed E-state index contributed by atoms with van der Waals surface area (Å²) in [5.74, 6) is 0. The predicted molar refractivity (Wildman–Crippen MR) is 78.4 cm³/mol. The maximum absolute atomic E-state index is 11.6. The van der Waals surface area contributed by atoms with Crippen molar-refractivity contribution in [3.8, 4) is 23.0 Å². The van der Waals surface area contributed by atoms with Crippen LogP contribution in [-0.2, 0) is 0 Å². The van der Waals surface area contributed by atoms with Crippen LogP contribution in [-0.4, -0.2) is 20.0 Å². The molecule has 104 valence electrons. The molecule has 2 N–H and O–H groups in total. The molecule has 7 heteroatoms. The maximum atomic E-state index is 11.6. The molecule has 0 aliphatic heterocycles. The zero-order valence-corrected chi connectivity index (χ0v) is 11.8. The third-order valence-corrected chi connectivity index (χ3v) is 3.49. The molecule has 0 radical (unpaired) electrons. The molecule has 0 atom stereocenters. The first kappa shape index (κ1) is 13.2. The SMILES string of the molecule is Cc1nn(-c2ccccc2)c(Cl)c1-c1[nH][nH]c(=O)c1C#N. The molecule has 6 nitrogen and oxygen atoms in total. The Labute approximate surface area is 124 Å². The number of halogens is 1. The Hall–Kier alpha value is -2.78. The lowest BCUT2D eigenvalue weighted by atomic mass is 10.1. The zero-order valence-electron chi connectivity index (χ0n) is 11.0. The second kappa shape index (κ2) is 4.96. The Morgan fingerprint density at radius 2 is 2.00 bits per heavy atom. The van der Waals surface area contributed by atoms with Crippen molar-refractivity contribution in [3.63, 3.8) is 0 Å². The van der Waals surface area contributed by atoms with Crippen molar-refractivity contribution in [2.45, 2.75) is 6.92 Å². The average Bonchev–Trinajstić information content (AvgIpc) is 2.99. The van der Waals surface area contributed by atoms with Crippen molar-refractivity contribution in [2.24, 2.45) is 0 Å². The van der Waals surface area contributed by atoms with Gasteiger partial charge in [-0.25, -0.2) is 4.68 Å². The van der Waals surface area contributed by atoms with Gasteiger partial charge in [0, 0.05) is 0 Å². The average molecular weight is 300 g/mol. The van der Waals surface area contributed by atoms with Crippen molar-refractivity contribution in [2.75, 3.05) is 0 Å². The number of nitrogens with zero attached hydrogens (tertiary/aromatic N) is 3. The summed E-state index contributed by atoms with van der Waals surface area (Å²) in [6.07, 6.45) is 0. The van der Waals surface area contributed by atoms with Crippen LogP contribution in [0.3, 0.4) is 0 Å². The van der Waals surface area contributed by atoms with Crippen LogP contribution >= 0.6 is 11.6 Å². The molecule has 0 amide bonds. The number of para-hydroxylation sites is 1. The van der Waals surface area contributed by atoms with Gasteiger partial charge in [0.05, 0.1) is 22.6 Å². The third kappa shape index (κ3) is 2.04. The van der Waals surface area contributed by atoms with Gasteiger partial charge in [-0.1, -0.05) is 29.8 Å². The molecule has 0 aliphatic rings. The summed E-state index contributed by atoms with van der Waals surface area (Å²) in [5, 5.41) is 18.9. The highest BCUT2D eigenvalue weighted by molar-refractivity contribution is 6.32. The molecule has 2 heterocycles. The highest BCUT2D eigenvalue weighted by Gasteiger charge is 2.21. The maximum Gasteiger partial charge on any atom is 0.282 e. The van der Waals surface area contributed by atoms with Gasteiger partial charge >= 0.3 is 0 Å². The number of aryl methyl sites for hydroxylation is 1. The zero-order chi connectivity index (χ0) is 15.0. The van der Waals surface area contributed by atoms with Crippen LogP contribution in [0.4, 0.5) is 0 Å². The Bertz CT molecular complexity index is 898. The van der Waals surface area contributed by atoms with Crippen LogP contribution in [0.2, 0.25) is 5.15 Å². The summed E-state index contributed by atoms with van der Waals surface area (Å²) in [4.78, 5) is 11.6. The molecule has 2 aromatic heterocycles. The largest absolute Gasteiger partial charge is 0.296 e. The Morgan fingerprint density at radius 1 is 1.29 bits per heavy atom. The smallest absolute Gasteiger partial charge is 0.282 e. The van der Waals surface area contributed by atoms with E-state index in [9.17, 15) is 4.79 Å². The van der Waals surface area contributed by atoms with Crippen LogP contribution < -0.4 is 5.56 Å². The van der Waals surface area contributed by atoms with E-state index in [1.807, 2.05) is 36.4 Å². The molecule has 3 rings (SSSR count). The molecular weight excluding hydrogens is 290 g/mol. The van der Waals surface area contributed by atoms with Gasteiger partial charge in [0.25, 0.3) is 5.56 Å². The van der Waals surface area contributed by atoms with E-state index in [1.165, 1.54) is 0 Å². The van der Waals surface area contributed by atoms with E-state index in [-0.39, 0.29) is 5.56 Å². The summed E-state index contributed by atoms with van der Waals surface area (Å²) in [6, 6.07) is 11.3. The van der Waals surface area contributed by atoms with Crippen molar-refractivity contribution >= 4 is 11.6 Å². The van der Waals surface area contributed by atoms with Gasteiger partial charge in [0.1, 0.15) is 16.8 Å². The fourth-order valence-electron chi connectivity index (χ4n) is 2.18. The number of nitriles is 1. The number of nitrogens with one attached hydrogen (secondary N) is 2. The van der Waals surface area contributed by atoms with Crippen molar-refractivity contribution in [3.05, 3.63) is 57.1 Å². The lowest BCUT2D eigenvalue weighted by Crippen LogP contribution is -2.02. The fourth-order valence-corrected chi connectivity index (χ4v) is 2.54. The molecule has 0 spiro atoms. The van der Waals surface area contributed by atoms with E-state index in [4.69, 9.17) is 16.9 Å². The number of H-pyrrole nitrogens is 2. The first-order valence-electron chi connectivity index (χ1n) is 6.15. The van der Waals surface area contributed by atoms with Gasteiger partial charge in [-0.15, -0.1) is 0 Å². The highest BCUT2D eigenvalue weighted by atomic mass is 35.5. The molecule has 0 unspecified atom stereocenters. The lowest BCUT2D eigenvalue weighted by Gasteiger charge is -2.02. The molecule has 0 aliphatic carbocycles. The molecule has 0 saturated carbocycles. The van der Waals surface area contributed by atoms with E-state index < -0.39 is 5.56 Å². The lowest BCUT2D eigenvalue weighted by molar-refractivity contribution is 0.863. The van der Waals surface area contributed by atoms with Gasteiger partial charge in [0.15, 0.2) is 0 Å². The Morgan fingerprint density at radius 3 is 2.67 bits per heavy atom. The quantitative estimate of drug-likeness (QED) is 0.761. The fraction of sp³-hybridized carbons (Fsp3) is 0.0714. The summed E-state index contributed by atoms with van der Waals surface area (Å²) < 4.78 is 1.57.